The lowest BCUT2D eigenvalue weighted by molar-refractivity contribution is -0.895. The molecule has 2 N–H and O–H groups in total. The van der Waals surface area contributed by atoms with Crippen LogP contribution in [0.25, 0.3) is 0 Å². The van der Waals surface area contributed by atoms with Crippen molar-refractivity contribution in [3.8, 4) is 0 Å². The monoisotopic (exact) mass is 415 g/mol. The number of quaternary nitrogens is 1. The first-order valence-electron chi connectivity index (χ1n) is 10.6. The lowest BCUT2D eigenvalue weighted by Crippen LogP contribution is -3.12. The number of nitrogens with one attached hydrogen (secondary N) is 2. The summed E-state index contributed by atoms with van der Waals surface area (Å²) in [6.07, 6.45) is 0. The van der Waals surface area contributed by atoms with Crippen molar-refractivity contribution in [2.75, 3.05) is 38.0 Å². The molecule has 0 aliphatic carbocycles. The molecule has 0 atom stereocenters. The van der Waals surface area contributed by atoms with E-state index >= 15 is 0 Å². The molecule has 1 aromatic carbocycles. The molecule has 2 amide bonds. The van der Waals surface area contributed by atoms with Gasteiger partial charge in [-0.25, -0.2) is 0 Å². The molecule has 2 aromatic rings. The first-order chi connectivity index (χ1) is 14.1. The quantitative estimate of drug-likeness (QED) is 0.659. The van der Waals surface area contributed by atoms with E-state index in [1.54, 1.807) is 17.9 Å². The van der Waals surface area contributed by atoms with E-state index in [-0.39, 0.29) is 23.8 Å². The Morgan fingerprint density at radius 1 is 1.13 bits per heavy atom. The highest BCUT2D eigenvalue weighted by atomic mass is 16.5. The van der Waals surface area contributed by atoms with Gasteiger partial charge in [0.15, 0.2) is 5.82 Å². The molecule has 0 bridgehead atoms. The topological polar surface area (TPSA) is 79.9 Å². The fourth-order valence-electron chi connectivity index (χ4n) is 3.23. The van der Waals surface area contributed by atoms with Gasteiger partial charge >= 0.3 is 0 Å². The molecule has 2 rings (SSSR count). The summed E-state index contributed by atoms with van der Waals surface area (Å²) in [6, 6.07) is 9.31. The Morgan fingerprint density at radius 3 is 2.27 bits per heavy atom. The number of nitrogens with zero attached hydrogens (tertiary/aromatic N) is 2. The number of benzene rings is 1. The molecule has 7 nitrogen and oxygen atoms in total. The van der Waals surface area contributed by atoms with E-state index in [1.165, 1.54) is 4.90 Å². The van der Waals surface area contributed by atoms with Crippen molar-refractivity contribution in [2.24, 2.45) is 0 Å². The highest BCUT2D eigenvalue weighted by Crippen LogP contribution is 2.22. The van der Waals surface area contributed by atoms with E-state index in [0.29, 0.717) is 23.7 Å². The number of amides is 2. The molecule has 0 aliphatic heterocycles. The molecule has 30 heavy (non-hydrogen) atoms. The van der Waals surface area contributed by atoms with Crippen LogP contribution < -0.4 is 10.2 Å². The van der Waals surface area contributed by atoms with Gasteiger partial charge in [0.2, 0.25) is 5.91 Å². The molecule has 0 unspecified atom stereocenters. The number of carbonyl (C=O) groups is 2. The summed E-state index contributed by atoms with van der Waals surface area (Å²) in [7, 11) is 0. The van der Waals surface area contributed by atoms with Crippen molar-refractivity contribution in [1.29, 1.82) is 0 Å². The number of hydrogen-bond donors (Lipinski definition) is 2. The number of rotatable bonds is 9. The second-order valence-electron chi connectivity index (χ2n) is 8.63. The lowest BCUT2D eigenvalue weighted by atomic mass is 9.86. The van der Waals surface area contributed by atoms with Crippen LogP contribution in [0.5, 0.6) is 0 Å². The van der Waals surface area contributed by atoms with Crippen LogP contribution in [-0.2, 0) is 10.2 Å². The predicted molar refractivity (Wildman–Crippen MR) is 118 cm³/mol. The number of aromatic nitrogens is 1. The van der Waals surface area contributed by atoms with Gasteiger partial charge in [-0.05, 0) is 43.9 Å². The highest BCUT2D eigenvalue weighted by molar-refractivity contribution is 5.99. The van der Waals surface area contributed by atoms with Crippen molar-refractivity contribution in [2.45, 2.75) is 47.0 Å². The smallest absolute Gasteiger partial charge is 0.254 e. The number of anilines is 1. The molecular formula is C23H35N4O3+. The van der Waals surface area contributed by atoms with Gasteiger partial charge in [-0.1, -0.05) is 38.1 Å². The third kappa shape index (κ3) is 6.69. The predicted octanol–water partition coefficient (Wildman–Crippen LogP) is 2.29. The fourth-order valence-corrected chi connectivity index (χ4v) is 3.23. The molecule has 0 radical (unpaired) electrons. The van der Waals surface area contributed by atoms with Crippen molar-refractivity contribution < 1.29 is 19.0 Å². The van der Waals surface area contributed by atoms with Crippen molar-refractivity contribution >= 4 is 17.6 Å². The SMILES string of the molecule is CC[NH+](CC)CCN(CC(=O)Nc1cc(C)on1)C(=O)c1ccc(C(C)(C)C)cc1. The van der Waals surface area contributed by atoms with Gasteiger partial charge in [0.1, 0.15) is 12.3 Å². The van der Waals surface area contributed by atoms with Crippen LogP contribution in [0.3, 0.4) is 0 Å². The largest absolute Gasteiger partial charge is 0.360 e. The first kappa shape index (κ1) is 23.6. The Kier molecular flexibility index (Phi) is 8.17. The second kappa shape index (κ2) is 10.4. The van der Waals surface area contributed by atoms with E-state index < -0.39 is 0 Å². The van der Waals surface area contributed by atoms with Crippen molar-refractivity contribution in [3.05, 3.63) is 47.2 Å². The van der Waals surface area contributed by atoms with Gasteiger partial charge < -0.3 is 19.6 Å². The van der Waals surface area contributed by atoms with Crippen LogP contribution in [-0.4, -0.2) is 54.6 Å². The second-order valence-corrected chi connectivity index (χ2v) is 8.63. The maximum Gasteiger partial charge on any atom is 0.254 e. The minimum Gasteiger partial charge on any atom is -0.360 e. The van der Waals surface area contributed by atoms with E-state index in [1.807, 2.05) is 24.3 Å². The van der Waals surface area contributed by atoms with Gasteiger partial charge in [0, 0.05) is 11.6 Å². The minimum atomic E-state index is -0.294. The molecule has 0 spiro atoms. The summed E-state index contributed by atoms with van der Waals surface area (Å²) in [5.74, 6) is 0.530. The Labute approximate surface area is 179 Å². The number of carbonyl (C=O) groups excluding carboxylic acids is 2. The summed E-state index contributed by atoms with van der Waals surface area (Å²) >= 11 is 0. The molecule has 0 saturated carbocycles. The Morgan fingerprint density at radius 2 is 1.77 bits per heavy atom. The summed E-state index contributed by atoms with van der Waals surface area (Å²) in [5.41, 5.74) is 1.77. The molecule has 0 aliphatic rings. The Hall–Kier alpha value is -2.67. The average Bonchev–Trinajstić information content (AvgIpc) is 3.11. The average molecular weight is 416 g/mol. The Bertz CT molecular complexity index is 833. The van der Waals surface area contributed by atoms with E-state index in [2.05, 4.69) is 45.1 Å². The molecular weight excluding hydrogens is 380 g/mol. The standard InChI is InChI=1S/C23H34N4O3/c1-7-26(8-2)13-14-27(16-21(28)24-20-15-17(3)30-25-20)22(29)18-9-11-19(12-10-18)23(4,5)6/h9-12,15H,7-8,13-14,16H2,1-6H3,(H,24,25,28)/p+1. The molecule has 7 heteroatoms. The molecule has 1 aromatic heterocycles. The van der Waals surface area contributed by atoms with E-state index in [4.69, 9.17) is 4.52 Å². The zero-order chi connectivity index (χ0) is 22.3. The van der Waals surface area contributed by atoms with Crippen LogP contribution in [0.15, 0.2) is 34.9 Å². The van der Waals surface area contributed by atoms with Crippen LogP contribution in [0.2, 0.25) is 0 Å². The fraction of sp³-hybridized carbons (Fsp3) is 0.522. The van der Waals surface area contributed by atoms with E-state index in [9.17, 15) is 9.59 Å². The van der Waals surface area contributed by atoms with Crippen LogP contribution >= 0.6 is 0 Å². The van der Waals surface area contributed by atoms with Gasteiger partial charge in [-0.15, -0.1) is 0 Å². The zero-order valence-corrected chi connectivity index (χ0v) is 19.0. The van der Waals surface area contributed by atoms with E-state index in [0.717, 1.165) is 25.2 Å². The Balaban J connectivity index is 2.14. The maximum atomic E-state index is 13.2. The third-order valence-electron chi connectivity index (χ3n) is 5.25. The molecule has 0 saturated heterocycles. The summed E-state index contributed by atoms with van der Waals surface area (Å²) < 4.78 is 4.99. The number of aryl methyl sites for hydroxylation is 1. The molecule has 164 valence electrons. The summed E-state index contributed by atoms with van der Waals surface area (Å²) in [6.45, 7) is 15.6. The highest BCUT2D eigenvalue weighted by Gasteiger charge is 2.22. The molecule has 1 heterocycles. The van der Waals surface area contributed by atoms with Gasteiger partial charge in [-0.3, -0.25) is 9.59 Å². The number of hydrogen-bond acceptors (Lipinski definition) is 4. The summed E-state index contributed by atoms with van der Waals surface area (Å²) in [5, 5.41) is 6.48. The summed E-state index contributed by atoms with van der Waals surface area (Å²) in [4.78, 5) is 28.7. The number of likely N-dealkylation sites (N-methyl/N-ethyl adjacent to an activating group) is 1. The van der Waals surface area contributed by atoms with Crippen molar-refractivity contribution in [1.82, 2.24) is 10.1 Å². The lowest BCUT2D eigenvalue weighted by Gasteiger charge is -2.25. The van der Waals surface area contributed by atoms with Gasteiger partial charge in [-0.2, -0.15) is 0 Å². The first-order valence-corrected chi connectivity index (χ1v) is 10.6. The van der Waals surface area contributed by atoms with Crippen LogP contribution in [0.4, 0.5) is 5.82 Å². The molecule has 0 fully saturated rings. The normalized spacial score (nSPS) is 11.6. The minimum absolute atomic E-state index is 0.0169. The van der Waals surface area contributed by atoms with Crippen LogP contribution in [0.1, 0.15) is 56.3 Å². The van der Waals surface area contributed by atoms with Gasteiger partial charge in [0.05, 0.1) is 26.2 Å². The van der Waals surface area contributed by atoms with Gasteiger partial charge in [0.25, 0.3) is 5.91 Å². The van der Waals surface area contributed by atoms with Crippen molar-refractivity contribution in [3.63, 3.8) is 0 Å². The maximum absolute atomic E-state index is 13.2. The van der Waals surface area contributed by atoms with Crippen LogP contribution in [0, 0.1) is 6.92 Å². The zero-order valence-electron chi connectivity index (χ0n) is 19.0. The third-order valence-corrected chi connectivity index (χ3v) is 5.25.